The fraction of sp³-hybridized carbons (Fsp3) is 0.0385. The van der Waals surface area contributed by atoms with E-state index in [1.54, 1.807) is 6.08 Å². The number of hydrogen-bond donors (Lipinski definition) is 1. The van der Waals surface area contributed by atoms with E-state index in [4.69, 9.17) is 10.5 Å². The molecule has 0 aliphatic carbocycles. The molecule has 0 saturated heterocycles. The van der Waals surface area contributed by atoms with Gasteiger partial charge in [-0.1, -0.05) is 48.5 Å². The highest BCUT2D eigenvalue weighted by atomic mass is 127. The molecule has 0 aliphatic heterocycles. The molecule has 0 spiro atoms. The maximum Gasteiger partial charge on any atom is 0.145 e. The molecule has 0 bridgehead atoms. The lowest BCUT2D eigenvalue weighted by Gasteiger charge is -2.13. The zero-order chi connectivity index (χ0) is 24.1. The summed E-state index contributed by atoms with van der Waals surface area (Å²) >= 11 is 4.45. The first-order chi connectivity index (χ1) is 16.5. The van der Waals surface area contributed by atoms with Crippen molar-refractivity contribution < 1.29 is 4.74 Å². The van der Waals surface area contributed by atoms with Crippen LogP contribution in [0.1, 0.15) is 22.4 Å². The molecule has 1 heterocycles. The van der Waals surface area contributed by atoms with Gasteiger partial charge in [-0.25, -0.2) is 4.68 Å². The van der Waals surface area contributed by atoms with Crippen molar-refractivity contribution in [2.45, 2.75) is 6.61 Å². The van der Waals surface area contributed by atoms with Crippen molar-refractivity contribution in [3.8, 4) is 23.6 Å². The maximum atomic E-state index is 10.0. The number of nitriles is 2. The van der Waals surface area contributed by atoms with Crippen molar-refractivity contribution >= 4 is 62.6 Å². The van der Waals surface area contributed by atoms with Crippen LogP contribution in [0.4, 0.5) is 5.82 Å². The molecule has 0 unspecified atom stereocenters. The summed E-state index contributed by atoms with van der Waals surface area (Å²) in [5, 5.41) is 24.3. The highest BCUT2D eigenvalue weighted by Gasteiger charge is 2.21. The van der Waals surface area contributed by atoms with E-state index < -0.39 is 0 Å². The fourth-order valence-corrected chi connectivity index (χ4v) is 5.42. The third-order valence-corrected chi connectivity index (χ3v) is 6.40. The van der Waals surface area contributed by atoms with Crippen LogP contribution in [0, 0.1) is 29.8 Å². The highest BCUT2D eigenvalue weighted by Crippen LogP contribution is 2.33. The van der Waals surface area contributed by atoms with Crippen molar-refractivity contribution in [1.29, 1.82) is 10.5 Å². The van der Waals surface area contributed by atoms with Crippen molar-refractivity contribution in [2.24, 2.45) is 0 Å². The number of benzene rings is 3. The molecule has 0 amide bonds. The lowest BCUT2D eigenvalue weighted by molar-refractivity contribution is 0.303. The summed E-state index contributed by atoms with van der Waals surface area (Å²) in [6.45, 7) is 0.388. The van der Waals surface area contributed by atoms with E-state index in [9.17, 15) is 10.5 Å². The third kappa shape index (κ3) is 5.08. The SMILES string of the molecule is N#C/C(=C/c1cc(I)cc(I)c1OCc1ccccc1)c1nn(-c2ccccc2)c(N)c1C#N. The van der Waals surface area contributed by atoms with E-state index in [1.807, 2.05) is 72.8 Å². The standard InChI is InChI=1S/C26H17I2N5O/c27-20-12-18(25(23(28)13-20)34-16-17-7-3-1-4-8-17)11-19(14-29)24-22(15-30)26(31)33(32-24)21-9-5-2-6-10-21/h1-13H,16,31H2/b19-11-. The number of allylic oxidation sites excluding steroid dienone is 1. The molecule has 34 heavy (non-hydrogen) atoms. The first kappa shape index (κ1) is 23.8. The molecule has 3 aromatic carbocycles. The van der Waals surface area contributed by atoms with Gasteiger partial charge in [0.2, 0.25) is 0 Å². The average Bonchev–Trinajstić information content (AvgIpc) is 3.18. The Balaban J connectivity index is 1.79. The molecule has 0 atom stereocenters. The van der Waals surface area contributed by atoms with E-state index in [0.29, 0.717) is 18.0 Å². The number of rotatable bonds is 6. The number of anilines is 1. The Labute approximate surface area is 224 Å². The summed E-state index contributed by atoms with van der Waals surface area (Å²) in [6, 6.07) is 27.4. The molecule has 8 heteroatoms. The number of nitrogen functional groups attached to an aromatic ring is 1. The van der Waals surface area contributed by atoms with Gasteiger partial charge in [-0.15, -0.1) is 0 Å². The van der Waals surface area contributed by atoms with Crippen LogP contribution in [0.25, 0.3) is 17.3 Å². The second kappa shape index (κ2) is 10.7. The molecule has 1 aromatic heterocycles. The molecule has 0 radical (unpaired) electrons. The van der Waals surface area contributed by atoms with Crippen LogP contribution < -0.4 is 10.5 Å². The molecule has 6 nitrogen and oxygen atoms in total. The van der Waals surface area contributed by atoms with Gasteiger partial charge in [-0.05, 0) is 81.1 Å². The molecule has 166 valence electrons. The normalized spacial score (nSPS) is 11.0. The number of hydrogen-bond acceptors (Lipinski definition) is 5. The minimum Gasteiger partial charge on any atom is -0.487 e. The van der Waals surface area contributed by atoms with Gasteiger partial charge in [0.1, 0.15) is 41.6 Å². The van der Waals surface area contributed by atoms with E-state index in [1.165, 1.54) is 4.68 Å². The average molecular weight is 669 g/mol. The number of nitrogens with zero attached hydrogens (tertiary/aromatic N) is 4. The van der Waals surface area contributed by atoms with Gasteiger partial charge in [0, 0.05) is 9.13 Å². The quantitative estimate of drug-likeness (QED) is 0.195. The van der Waals surface area contributed by atoms with Gasteiger partial charge in [0.05, 0.1) is 14.8 Å². The minimum absolute atomic E-state index is 0.156. The predicted molar refractivity (Wildman–Crippen MR) is 149 cm³/mol. The van der Waals surface area contributed by atoms with Crippen molar-refractivity contribution in [1.82, 2.24) is 9.78 Å². The van der Waals surface area contributed by atoms with Gasteiger partial charge in [0.15, 0.2) is 0 Å². The maximum absolute atomic E-state index is 10.0. The summed E-state index contributed by atoms with van der Waals surface area (Å²) in [5.74, 6) is 0.842. The first-order valence-corrected chi connectivity index (χ1v) is 12.3. The van der Waals surface area contributed by atoms with E-state index in [2.05, 4.69) is 62.4 Å². The van der Waals surface area contributed by atoms with Crippen LogP contribution in [-0.2, 0) is 6.61 Å². The first-order valence-electron chi connectivity index (χ1n) is 10.1. The van der Waals surface area contributed by atoms with Crippen molar-refractivity contribution in [3.05, 3.63) is 102 Å². The molecular weight excluding hydrogens is 652 g/mol. The molecule has 4 aromatic rings. The van der Waals surface area contributed by atoms with Crippen LogP contribution >= 0.6 is 45.2 Å². The van der Waals surface area contributed by atoms with Crippen LogP contribution in [0.2, 0.25) is 0 Å². The highest BCUT2D eigenvalue weighted by molar-refractivity contribution is 14.1. The molecule has 2 N–H and O–H groups in total. The van der Waals surface area contributed by atoms with Crippen LogP contribution in [0.5, 0.6) is 5.75 Å². The Morgan fingerprint density at radius 1 is 1.03 bits per heavy atom. The molecular formula is C26H17I2N5O. The molecule has 0 aliphatic rings. The summed E-state index contributed by atoms with van der Waals surface area (Å²) in [4.78, 5) is 0. The van der Waals surface area contributed by atoms with E-state index in [0.717, 1.165) is 18.3 Å². The predicted octanol–water partition coefficient (Wildman–Crippen LogP) is 6.18. The number of aromatic nitrogens is 2. The topological polar surface area (TPSA) is 101 Å². The van der Waals surface area contributed by atoms with Crippen LogP contribution in [-0.4, -0.2) is 9.78 Å². The summed E-state index contributed by atoms with van der Waals surface area (Å²) in [6.07, 6.45) is 1.70. The zero-order valence-corrected chi connectivity index (χ0v) is 22.1. The van der Waals surface area contributed by atoms with Crippen molar-refractivity contribution in [2.75, 3.05) is 5.73 Å². The lowest BCUT2D eigenvalue weighted by atomic mass is 10.1. The van der Waals surface area contributed by atoms with Crippen molar-refractivity contribution in [3.63, 3.8) is 0 Å². The summed E-state index contributed by atoms with van der Waals surface area (Å²) in [5.41, 5.74) is 9.31. The Morgan fingerprint density at radius 2 is 1.71 bits per heavy atom. The van der Waals surface area contributed by atoms with Gasteiger partial charge in [0.25, 0.3) is 0 Å². The summed E-state index contributed by atoms with van der Waals surface area (Å²) < 4.78 is 9.55. The number of ether oxygens (including phenoxy) is 1. The smallest absolute Gasteiger partial charge is 0.145 e. The number of halogens is 2. The lowest BCUT2D eigenvalue weighted by Crippen LogP contribution is -2.02. The van der Waals surface area contributed by atoms with Gasteiger partial charge in [-0.2, -0.15) is 15.6 Å². The van der Waals surface area contributed by atoms with Gasteiger partial charge in [-0.3, -0.25) is 0 Å². The molecule has 0 fully saturated rings. The van der Waals surface area contributed by atoms with Gasteiger partial charge >= 0.3 is 0 Å². The number of nitrogens with two attached hydrogens (primary N) is 1. The monoisotopic (exact) mass is 669 g/mol. The Bertz CT molecular complexity index is 1450. The van der Waals surface area contributed by atoms with Gasteiger partial charge < -0.3 is 10.5 Å². The molecule has 4 rings (SSSR count). The van der Waals surface area contributed by atoms with E-state index >= 15 is 0 Å². The van der Waals surface area contributed by atoms with Crippen LogP contribution in [0.3, 0.4) is 0 Å². The fourth-order valence-electron chi connectivity index (χ4n) is 3.37. The Morgan fingerprint density at radius 3 is 2.35 bits per heavy atom. The second-order valence-corrected chi connectivity index (χ2v) is 9.63. The molecule has 0 saturated carbocycles. The Kier molecular flexibility index (Phi) is 7.50. The minimum atomic E-state index is 0.156. The number of para-hydroxylation sites is 1. The second-order valence-electron chi connectivity index (χ2n) is 7.22. The third-order valence-electron chi connectivity index (χ3n) is 4.97. The van der Waals surface area contributed by atoms with E-state index in [-0.39, 0.29) is 22.6 Å². The Hall–Kier alpha value is -3.35. The summed E-state index contributed by atoms with van der Waals surface area (Å²) in [7, 11) is 0. The largest absolute Gasteiger partial charge is 0.487 e. The van der Waals surface area contributed by atoms with Crippen LogP contribution in [0.15, 0.2) is 72.8 Å². The zero-order valence-electron chi connectivity index (χ0n) is 17.7.